The monoisotopic (exact) mass is 256 g/mol. The van der Waals surface area contributed by atoms with E-state index < -0.39 is 0 Å². The summed E-state index contributed by atoms with van der Waals surface area (Å²) in [5.74, 6) is -0.356. The lowest BCUT2D eigenvalue weighted by Crippen LogP contribution is -2.27. The molecule has 3 rings (SSSR count). The Morgan fingerprint density at radius 3 is 3.00 bits per heavy atom. The number of pyridine rings is 1. The highest BCUT2D eigenvalue weighted by molar-refractivity contribution is 5.94. The topological polar surface area (TPSA) is 42.0 Å². The molecular weight excluding hydrogens is 243 g/mol. The summed E-state index contributed by atoms with van der Waals surface area (Å²) in [6.07, 6.45) is 4.55. The molecule has 3 nitrogen and oxygen atoms in total. The fourth-order valence-electron chi connectivity index (χ4n) is 2.50. The molecule has 1 atom stereocenters. The Kier molecular flexibility index (Phi) is 2.99. The number of aromatic nitrogens is 1. The van der Waals surface area contributed by atoms with Gasteiger partial charge in [-0.05, 0) is 42.2 Å². The molecule has 4 heteroatoms. The van der Waals surface area contributed by atoms with Crippen LogP contribution in [0.25, 0.3) is 0 Å². The fourth-order valence-corrected chi connectivity index (χ4v) is 2.50. The van der Waals surface area contributed by atoms with E-state index >= 15 is 0 Å². The number of nitrogens with zero attached hydrogens (tertiary/aromatic N) is 1. The van der Waals surface area contributed by atoms with Gasteiger partial charge >= 0.3 is 0 Å². The van der Waals surface area contributed by atoms with Gasteiger partial charge in [0, 0.05) is 12.4 Å². The van der Waals surface area contributed by atoms with Gasteiger partial charge in [-0.1, -0.05) is 12.1 Å². The maximum atomic E-state index is 13.6. The van der Waals surface area contributed by atoms with Gasteiger partial charge in [-0.15, -0.1) is 0 Å². The summed E-state index contributed by atoms with van der Waals surface area (Å²) in [5.41, 5.74) is 2.13. The summed E-state index contributed by atoms with van der Waals surface area (Å²) in [6.45, 7) is 0. The number of nitrogens with one attached hydrogen (secondary N) is 1. The molecule has 0 aliphatic heterocycles. The predicted molar refractivity (Wildman–Crippen MR) is 69.2 cm³/mol. The summed E-state index contributed by atoms with van der Waals surface area (Å²) in [6, 6.07) is 8.34. The fraction of sp³-hybridized carbons (Fsp3) is 0.200. The van der Waals surface area contributed by atoms with Crippen molar-refractivity contribution in [3.63, 3.8) is 0 Å². The molecule has 19 heavy (non-hydrogen) atoms. The SMILES string of the molecule is O=C(NC1CCc2c(F)cccc21)c1cccnc1. The molecule has 1 aromatic heterocycles. The zero-order valence-electron chi connectivity index (χ0n) is 10.3. The lowest BCUT2D eigenvalue weighted by atomic mass is 10.1. The van der Waals surface area contributed by atoms with Gasteiger partial charge in [0.15, 0.2) is 0 Å². The first-order valence-corrected chi connectivity index (χ1v) is 6.24. The van der Waals surface area contributed by atoms with Crippen LogP contribution >= 0.6 is 0 Å². The summed E-state index contributed by atoms with van der Waals surface area (Å²) >= 11 is 0. The molecule has 1 aliphatic rings. The highest BCUT2D eigenvalue weighted by Crippen LogP contribution is 2.32. The first-order chi connectivity index (χ1) is 9.25. The van der Waals surface area contributed by atoms with E-state index in [4.69, 9.17) is 0 Å². The van der Waals surface area contributed by atoms with Crippen molar-refractivity contribution in [2.75, 3.05) is 0 Å². The highest BCUT2D eigenvalue weighted by atomic mass is 19.1. The molecular formula is C15H13FN2O. The van der Waals surface area contributed by atoms with Crippen LogP contribution in [0.1, 0.15) is 33.9 Å². The molecule has 0 saturated heterocycles. The number of hydrogen-bond acceptors (Lipinski definition) is 2. The van der Waals surface area contributed by atoms with Gasteiger partial charge in [0.25, 0.3) is 5.91 Å². The Balaban J connectivity index is 1.80. The van der Waals surface area contributed by atoms with Crippen molar-refractivity contribution < 1.29 is 9.18 Å². The zero-order chi connectivity index (χ0) is 13.2. The highest BCUT2D eigenvalue weighted by Gasteiger charge is 2.26. The largest absolute Gasteiger partial charge is 0.345 e. The minimum atomic E-state index is -0.185. The van der Waals surface area contributed by atoms with Crippen LogP contribution in [0.3, 0.4) is 0 Å². The van der Waals surface area contributed by atoms with E-state index in [1.807, 2.05) is 6.07 Å². The smallest absolute Gasteiger partial charge is 0.253 e. The van der Waals surface area contributed by atoms with Crippen LogP contribution in [-0.4, -0.2) is 10.9 Å². The number of rotatable bonds is 2. The van der Waals surface area contributed by atoms with Crippen LogP contribution in [0, 0.1) is 5.82 Å². The molecule has 1 aromatic carbocycles. The normalized spacial score (nSPS) is 17.0. The number of carbonyl (C=O) groups excluding carboxylic acids is 1. The third kappa shape index (κ3) is 2.21. The second-order valence-corrected chi connectivity index (χ2v) is 4.61. The molecule has 1 N–H and O–H groups in total. The Morgan fingerprint density at radius 1 is 1.32 bits per heavy atom. The van der Waals surface area contributed by atoms with Crippen molar-refractivity contribution in [2.45, 2.75) is 18.9 Å². The van der Waals surface area contributed by atoms with Crippen molar-refractivity contribution in [1.29, 1.82) is 0 Å². The Labute approximate surface area is 110 Å². The van der Waals surface area contributed by atoms with Crippen molar-refractivity contribution in [1.82, 2.24) is 10.3 Å². The first-order valence-electron chi connectivity index (χ1n) is 6.24. The Hall–Kier alpha value is -2.23. The van der Waals surface area contributed by atoms with Gasteiger partial charge in [-0.25, -0.2) is 4.39 Å². The summed E-state index contributed by atoms with van der Waals surface area (Å²) in [5, 5.41) is 2.93. The van der Waals surface area contributed by atoms with Crippen molar-refractivity contribution in [3.05, 3.63) is 65.2 Å². The third-order valence-corrected chi connectivity index (χ3v) is 3.44. The van der Waals surface area contributed by atoms with Crippen molar-refractivity contribution in [3.8, 4) is 0 Å². The Bertz CT molecular complexity index is 613. The average molecular weight is 256 g/mol. The first kappa shape index (κ1) is 11.8. The van der Waals surface area contributed by atoms with E-state index in [-0.39, 0.29) is 17.8 Å². The standard InChI is InChI=1S/C15H13FN2O/c16-13-5-1-4-12-11(13)6-7-14(12)18-15(19)10-3-2-8-17-9-10/h1-5,8-9,14H,6-7H2,(H,18,19). The molecule has 1 aliphatic carbocycles. The molecule has 2 aromatic rings. The van der Waals surface area contributed by atoms with Gasteiger partial charge in [0.05, 0.1) is 11.6 Å². The number of carbonyl (C=O) groups is 1. The lowest BCUT2D eigenvalue weighted by Gasteiger charge is -2.14. The van der Waals surface area contributed by atoms with Gasteiger partial charge in [-0.3, -0.25) is 9.78 Å². The van der Waals surface area contributed by atoms with Crippen molar-refractivity contribution >= 4 is 5.91 Å². The third-order valence-electron chi connectivity index (χ3n) is 3.44. The molecule has 0 radical (unpaired) electrons. The molecule has 1 amide bonds. The van der Waals surface area contributed by atoms with E-state index in [9.17, 15) is 9.18 Å². The van der Waals surface area contributed by atoms with E-state index in [1.165, 1.54) is 12.3 Å². The number of benzene rings is 1. The minimum absolute atomic E-state index is 0.113. The van der Waals surface area contributed by atoms with E-state index in [1.54, 1.807) is 24.4 Å². The molecule has 1 heterocycles. The van der Waals surface area contributed by atoms with Crippen LogP contribution in [0.5, 0.6) is 0 Å². The number of amides is 1. The van der Waals surface area contributed by atoms with Gasteiger partial charge in [0.1, 0.15) is 5.82 Å². The number of halogens is 1. The van der Waals surface area contributed by atoms with Crippen LogP contribution < -0.4 is 5.32 Å². The minimum Gasteiger partial charge on any atom is -0.345 e. The van der Waals surface area contributed by atoms with Gasteiger partial charge in [-0.2, -0.15) is 0 Å². The van der Waals surface area contributed by atoms with E-state index in [2.05, 4.69) is 10.3 Å². The van der Waals surface area contributed by atoms with Crippen LogP contribution in [0.15, 0.2) is 42.7 Å². The van der Waals surface area contributed by atoms with Gasteiger partial charge < -0.3 is 5.32 Å². The number of hydrogen-bond donors (Lipinski definition) is 1. The molecule has 0 bridgehead atoms. The number of fused-ring (bicyclic) bond motifs is 1. The van der Waals surface area contributed by atoms with Crippen LogP contribution in [-0.2, 0) is 6.42 Å². The van der Waals surface area contributed by atoms with Gasteiger partial charge in [0.2, 0.25) is 0 Å². The molecule has 96 valence electrons. The van der Waals surface area contributed by atoms with Crippen molar-refractivity contribution in [2.24, 2.45) is 0 Å². The summed E-state index contributed by atoms with van der Waals surface area (Å²) in [7, 11) is 0. The Morgan fingerprint density at radius 2 is 2.21 bits per heavy atom. The molecule has 0 saturated carbocycles. The van der Waals surface area contributed by atoms with Crippen LogP contribution in [0.4, 0.5) is 4.39 Å². The average Bonchev–Trinajstić information content (AvgIpc) is 2.84. The molecule has 0 fully saturated rings. The summed E-state index contributed by atoms with van der Waals surface area (Å²) < 4.78 is 13.6. The second-order valence-electron chi connectivity index (χ2n) is 4.61. The second kappa shape index (κ2) is 4.80. The molecule has 1 unspecified atom stereocenters. The summed E-state index contributed by atoms with van der Waals surface area (Å²) in [4.78, 5) is 16.0. The quantitative estimate of drug-likeness (QED) is 0.897. The zero-order valence-corrected chi connectivity index (χ0v) is 10.3. The van der Waals surface area contributed by atoms with E-state index in [0.717, 1.165) is 17.5 Å². The van der Waals surface area contributed by atoms with Crippen LogP contribution in [0.2, 0.25) is 0 Å². The molecule has 0 spiro atoms. The lowest BCUT2D eigenvalue weighted by molar-refractivity contribution is 0.0936. The maximum Gasteiger partial charge on any atom is 0.253 e. The van der Waals surface area contributed by atoms with E-state index in [0.29, 0.717) is 12.0 Å². The maximum absolute atomic E-state index is 13.6. The predicted octanol–water partition coefficient (Wildman–Crippen LogP) is 2.64.